The largest absolute Gasteiger partial charge is 0.388 e. The molecule has 0 saturated carbocycles. The van der Waals surface area contributed by atoms with Crippen LogP contribution in [-0.2, 0) is 0 Å². The van der Waals surface area contributed by atoms with Crippen LogP contribution in [0.15, 0.2) is 24.3 Å². The van der Waals surface area contributed by atoms with E-state index in [1.807, 2.05) is 32.0 Å². The lowest BCUT2D eigenvalue weighted by Gasteiger charge is -2.09. The van der Waals surface area contributed by atoms with Crippen LogP contribution in [-0.4, -0.2) is 15.0 Å². The molecule has 0 aliphatic heterocycles. The average molecular weight is 293 g/mol. The Morgan fingerprint density at radius 3 is 2.63 bits per heavy atom. The maximum absolute atomic E-state index is 6.15. The molecule has 0 saturated heterocycles. The van der Waals surface area contributed by atoms with Crippen molar-refractivity contribution in [2.45, 2.75) is 13.8 Å². The molecule has 0 atom stereocenters. The second-order valence-corrected chi connectivity index (χ2v) is 5.04. The molecule has 0 amide bonds. The highest BCUT2D eigenvalue weighted by Crippen LogP contribution is 2.25. The van der Waals surface area contributed by atoms with Gasteiger partial charge in [0.15, 0.2) is 0 Å². The van der Waals surface area contributed by atoms with Crippen molar-refractivity contribution in [2.75, 3.05) is 5.32 Å². The van der Waals surface area contributed by atoms with Gasteiger partial charge >= 0.3 is 0 Å². The van der Waals surface area contributed by atoms with Crippen molar-refractivity contribution in [1.29, 1.82) is 0 Å². The van der Waals surface area contributed by atoms with E-state index in [1.165, 1.54) is 0 Å². The van der Waals surface area contributed by atoms with Crippen LogP contribution in [0.25, 0.3) is 0 Å². The molecule has 1 aromatic carbocycles. The van der Waals surface area contributed by atoms with Crippen LogP contribution in [0.1, 0.15) is 17.0 Å². The average Bonchev–Trinajstić information content (AvgIpc) is 2.32. The summed E-state index contributed by atoms with van der Waals surface area (Å²) in [6.07, 6.45) is 0. The molecule has 2 rings (SSSR count). The standard InChI is InChI=1S/C13H13ClN4S/c1-7-3-4-10(9(14)5-7)17-13-16-8(2)6-11(18-13)12(15)19/h3-6H,1-2H3,(H2,15,19)(H,16,17,18). The minimum Gasteiger partial charge on any atom is -0.388 e. The zero-order valence-corrected chi connectivity index (χ0v) is 12.1. The molecule has 0 radical (unpaired) electrons. The van der Waals surface area contributed by atoms with Crippen molar-refractivity contribution >= 4 is 40.4 Å². The quantitative estimate of drug-likeness (QED) is 0.851. The van der Waals surface area contributed by atoms with E-state index in [2.05, 4.69) is 15.3 Å². The summed E-state index contributed by atoms with van der Waals surface area (Å²) in [5.74, 6) is 0.425. The van der Waals surface area contributed by atoms with Gasteiger partial charge < -0.3 is 11.1 Å². The fourth-order valence-corrected chi connectivity index (χ4v) is 1.98. The number of aromatic nitrogens is 2. The van der Waals surface area contributed by atoms with Crippen molar-refractivity contribution < 1.29 is 0 Å². The zero-order valence-electron chi connectivity index (χ0n) is 10.6. The predicted octanol–water partition coefficient (Wildman–Crippen LogP) is 3.12. The summed E-state index contributed by atoms with van der Waals surface area (Å²) in [6.45, 7) is 3.83. The van der Waals surface area contributed by atoms with Gasteiger partial charge in [0.2, 0.25) is 5.95 Å². The van der Waals surface area contributed by atoms with Crippen LogP contribution in [0.3, 0.4) is 0 Å². The van der Waals surface area contributed by atoms with E-state index in [-0.39, 0.29) is 4.99 Å². The third kappa shape index (κ3) is 3.39. The maximum Gasteiger partial charge on any atom is 0.228 e. The number of anilines is 2. The second kappa shape index (κ2) is 5.50. The first kappa shape index (κ1) is 13.7. The maximum atomic E-state index is 6.15. The fourth-order valence-electron chi connectivity index (χ4n) is 1.59. The van der Waals surface area contributed by atoms with Gasteiger partial charge in [0.05, 0.1) is 10.7 Å². The van der Waals surface area contributed by atoms with Gasteiger partial charge in [0, 0.05) is 5.69 Å². The number of hydrogen-bond donors (Lipinski definition) is 2. The molecule has 4 nitrogen and oxygen atoms in total. The van der Waals surface area contributed by atoms with Gasteiger partial charge in [-0.1, -0.05) is 29.9 Å². The van der Waals surface area contributed by atoms with Crippen LogP contribution in [0.4, 0.5) is 11.6 Å². The molecule has 1 heterocycles. The molecule has 0 spiro atoms. The van der Waals surface area contributed by atoms with Crippen LogP contribution in [0, 0.1) is 13.8 Å². The normalized spacial score (nSPS) is 10.3. The molecule has 0 aliphatic carbocycles. The van der Waals surface area contributed by atoms with Gasteiger partial charge in [0.1, 0.15) is 10.7 Å². The van der Waals surface area contributed by atoms with Crippen LogP contribution >= 0.6 is 23.8 Å². The highest BCUT2D eigenvalue weighted by Gasteiger charge is 2.07. The third-order valence-corrected chi connectivity index (χ3v) is 3.00. The monoisotopic (exact) mass is 292 g/mol. The fraction of sp³-hybridized carbons (Fsp3) is 0.154. The van der Waals surface area contributed by atoms with Crippen molar-refractivity contribution in [3.8, 4) is 0 Å². The van der Waals surface area contributed by atoms with E-state index >= 15 is 0 Å². The number of aryl methyl sites for hydroxylation is 2. The lowest BCUT2D eigenvalue weighted by atomic mass is 10.2. The number of nitrogens with one attached hydrogen (secondary N) is 1. The molecular weight excluding hydrogens is 280 g/mol. The molecule has 19 heavy (non-hydrogen) atoms. The molecule has 2 aromatic rings. The van der Waals surface area contributed by atoms with Gasteiger partial charge in [-0.25, -0.2) is 9.97 Å². The van der Waals surface area contributed by atoms with Gasteiger partial charge in [-0.15, -0.1) is 0 Å². The number of nitrogens with two attached hydrogens (primary N) is 1. The first-order chi connectivity index (χ1) is 8.95. The van der Waals surface area contributed by atoms with Gasteiger partial charge in [-0.05, 0) is 37.6 Å². The Morgan fingerprint density at radius 1 is 1.26 bits per heavy atom. The van der Waals surface area contributed by atoms with Crippen molar-refractivity contribution in [1.82, 2.24) is 9.97 Å². The summed E-state index contributed by atoms with van der Waals surface area (Å²) in [4.78, 5) is 8.76. The molecule has 6 heteroatoms. The van der Waals surface area contributed by atoms with Crippen molar-refractivity contribution in [2.24, 2.45) is 5.73 Å². The second-order valence-electron chi connectivity index (χ2n) is 4.19. The number of nitrogens with zero attached hydrogens (tertiary/aromatic N) is 2. The molecular formula is C13H13ClN4S. The Kier molecular flexibility index (Phi) is 3.97. The van der Waals surface area contributed by atoms with Gasteiger partial charge in [-0.3, -0.25) is 0 Å². The summed E-state index contributed by atoms with van der Waals surface area (Å²) in [5.41, 5.74) is 8.73. The van der Waals surface area contributed by atoms with E-state index in [9.17, 15) is 0 Å². The Labute approximate surface area is 122 Å². The highest BCUT2D eigenvalue weighted by molar-refractivity contribution is 7.80. The number of halogens is 1. The highest BCUT2D eigenvalue weighted by atomic mass is 35.5. The number of hydrogen-bond acceptors (Lipinski definition) is 4. The van der Waals surface area contributed by atoms with E-state index in [1.54, 1.807) is 6.07 Å². The molecule has 98 valence electrons. The minimum atomic E-state index is 0.239. The Morgan fingerprint density at radius 2 is 2.00 bits per heavy atom. The van der Waals surface area contributed by atoms with E-state index in [0.717, 1.165) is 16.9 Å². The zero-order chi connectivity index (χ0) is 14.0. The number of rotatable bonds is 3. The van der Waals surface area contributed by atoms with E-state index in [0.29, 0.717) is 16.7 Å². The van der Waals surface area contributed by atoms with Crippen molar-refractivity contribution in [3.63, 3.8) is 0 Å². The SMILES string of the molecule is Cc1ccc(Nc2nc(C)cc(C(N)=S)n2)c(Cl)c1. The van der Waals surface area contributed by atoms with E-state index in [4.69, 9.17) is 29.6 Å². The van der Waals surface area contributed by atoms with Crippen LogP contribution in [0.2, 0.25) is 5.02 Å². The number of benzene rings is 1. The molecule has 0 bridgehead atoms. The predicted molar refractivity (Wildman–Crippen MR) is 82.1 cm³/mol. The first-order valence-corrected chi connectivity index (χ1v) is 6.43. The van der Waals surface area contributed by atoms with Gasteiger partial charge in [-0.2, -0.15) is 0 Å². The Bertz CT molecular complexity index is 643. The molecule has 0 unspecified atom stereocenters. The molecule has 1 aromatic heterocycles. The Hall–Kier alpha value is -1.72. The number of thiocarbonyl (C=S) groups is 1. The smallest absolute Gasteiger partial charge is 0.228 e. The topological polar surface area (TPSA) is 63.8 Å². The van der Waals surface area contributed by atoms with Crippen LogP contribution < -0.4 is 11.1 Å². The third-order valence-electron chi connectivity index (χ3n) is 2.48. The lowest BCUT2D eigenvalue weighted by Crippen LogP contribution is -2.13. The summed E-state index contributed by atoms with van der Waals surface area (Å²) < 4.78 is 0. The Balaban J connectivity index is 2.35. The van der Waals surface area contributed by atoms with Crippen molar-refractivity contribution in [3.05, 3.63) is 46.2 Å². The summed E-state index contributed by atoms with van der Waals surface area (Å²) >= 11 is 11.1. The minimum absolute atomic E-state index is 0.239. The molecule has 3 N–H and O–H groups in total. The molecule has 0 fully saturated rings. The van der Waals surface area contributed by atoms with E-state index < -0.39 is 0 Å². The first-order valence-electron chi connectivity index (χ1n) is 5.64. The van der Waals surface area contributed by atoms with Gasteiger partial charge in [0.25, 0.3) is 0 Å². The summed E-state index contributed by atoms with van der Waals surface area (Å²) in [6, 6.07) is 7.45. The summed E-state index contributed by atoms with van der Waals surface area (Å²) in [7, 11) is 0. The lowest BCUT2D eigenvalue weighted by molar-refractivity contribution is 1.09. The van der Waals surface area contributed by atoms with Crippen LogP contribution in [0.5, 0.6) is 0 Å². The molecule has 0 aliphatic rings. The summed E-state index contributed by atoms with van der Waals surface area (Å²) in [5, 5.41) is 3.68.